The van der Waals surface area contributed by atoms with Gasteiger partial charge in [0.1, 0.15) is 5.82 Å². The normalized spacial score (nSPS) is 13.3. The predicted octanol–water partition coefficient (Wildman–Crippen LogP) is 4.32. The van der Waals surface area contributed by atoms with Crippen LogP contribution in [-0.4, -0.2) is 36.1 Å². The Bertz CT molecular complexity index is 917. The number of nitrogens with zero attached hydrogens (tertiary/aromatic N) is 4. The van der Waals surface area contributed by atoms with Crippen molar-refractivity contribution in [2.24, 2.45) is 0 Å². The topological polar surface area (TPSA) is 88.5 Å². The Morgan fingerprint density at radius 1 is 1.21 bits per heavy atom. The predicted molar refractivity (Wildman–Crippen MR) is 112 cm³/mol. The van der Waals surface area contributed by atoms with Gasteiger partial charge in [-0.2, -0.15) is 5.10 Å². The van der Waals surface area contributed by atoms with Gasteiger partial charge in [0.05, 0.1) is 17.5 Å². The molecule has 3 rings (SSSR count). The van der Waals surface area contributed by atoms with Crippen molar-refractivity contribution in [2.45, 2.75) is 57.0 Å². The SMILES string of the molecule is CCc1ccc(-c2nc(S[C@H](C)C(=O)Nc3ccnn3[C@@H](C)CC)n[nH]2)cc1. The van der Waals surface area contributed by atoms with Crippen molar-refractivity contribution in [3.8, 4) is 11.4 Å². The average Bonchev–Trinajstić information content (AvgIpc) is 3.37. The van der Waals surface area contributed by atoms with Crippen LogP contribution in [0, 0.1) is 0 Å². The zero-order chi connectivity index (χ0) is 20.1. The highest BCUT2D eigenvalue weighted by Crippen LogP contribution is 2.24. The summed E-state index contributed by atoms with van der Waals surface area (Å²) in [7, 11) is 0. The van der Waals surface area contributed by atoms with Crippen molar-refractivity contribution in [1.29, 1.82) is 0 Å². The van der Waals surface area contributed by atoms with E-state index < -0.39 is 0 Å². The van der Waals surface area contributed by atoms with Gasteiger partial charge in [0, 0.05) is 11.6 Å². The van der Waals surface area contributed by atoms with Gasteiger partial charge in [-0.3, -0.25) is 9.89 Å². The molecule has 7 nitrogen and oxygen atoms in total. The fourth-order valence-electron chi connectivity index (χ4n) is 2.70. The molecule has 2 heterocycles. The lowest BCUT2D eigenvalue weighted by atomic mass is 10.1. The Balaban J connectivity index is 1.63. The van der Waals surface area contributed by atoms with E-state index in [2.05, 4.69) is 58.5 Å². The highest BCUT2D eigenvalue weighted by molar-refractivity contribution is 8.00. The van der Waals surface area contributed by atoms with Crippen LogP contribution in [0.15, 0.2) is 41.7 Å². The van der Waals surface area contributed by atoms with Crippen molar-refractivity contribution in [3.63, 3.8) is 0 Å². The van der Waals surface area contributed by atoms with Gasteiger partial charge < -0.3 is 5.32 Å². The minimum absolute atomic E-state index is 0.103. The summed E-state index contributed by atoms with van der Waals surface area (Å²) in [6.07, 6.45) is 3.64. The summed E-state index contributed by atoms with van der Waals surface area (Å²) < 4.78 is 1.83. The van der Waals surface area contributed by atoms with Crippen LogP contribution >= 0.6 is 11.8 Å². The smallest absolute Gasteiger partial charge is 0.238 e. The first-order chi connectivity index (χ1) is 13.5. The molecule has 0 aliphatic rings. The first-order valence-electron chi connectivity index (χ1n) is 9.54. The monoisotopic (exact) mass is 398 g/mol. The third kappa shape index (κ3) is 4.62. The van der Waals surface area contributed by atoms with E-state index in [4.69, 9.17) is 0 Å². The van der Waals surface area contributed by atoms with Gasteiger partial charge in [-0.15, -0.1) is 5.10 Å². The van der Waals surface area contributed by atoms with Gasteiger partial charge >= 0.3 is 0 Å². The number of carbonyl (C=O) groups is 1. The van der Waals surface area contributed by atoms with Crippen molar-refractivity contribution in [1.82, 2.24) is 25.0 Å². The van der Waals surface area contributed by atoms with Crippen molar-refractivity contribution in [2.75, 3.05) is 5.32 Å². The molecule has 8 heteroatoms. The van der Waals surface area contributed by atoms with Crippen LogP contribution in [0.4, 0.5) is 5.82 Å². The second kappa shape index (κ2) is 9.05. The fraction of sp³-hybridized carbons (Fsp3) is 0.400. The van der Waals surface area contributed by atoms with E-state index in [1.54, 1.807) is 6.20 Å². The maximum atomic E-state index is 12.6. The number of hydrogen-bond donors (Lipinski definition) is 2. The number of thioether (sulfide) groups is 1. The molecular weight excluding hydrogens is 372 g/mol. The number of H-pyrrole nitrogens is 1. The molecule has 148 valence electrons. The quantitative estimate of drug-likeness (QED) is 0.552. The van der Waals surface area contributed by atoms with E-state index >= 15 is 0 Å². The van der Waals surface area contributed by atoms with Crippen LogP contribution in [0.1, 0.15) is 45.7 Å². The van der Waals surface area contributed by atoms with Crippen LogP contribution in [0.2, 0.25) is 0 Å². The number of hydrogen-bond acceptors (Lipinski definition) is 5. The number of aromatic amines is 1. The lowest BCUT2D eigenvalue weighted by Crippen LogP contribution is -2.24. The van der Waals surface area contributed by atoms with E-state index in [0.29, 0.717) is 16.8 Å². The summed E-state index contributed by atoms with van der Waals surface area (Å²) in [5.74, 6) is 1.31. The zero-order valence-corrected chi connectivity index (χ0v) is 17.5. The second-order valence-electron chi connectivity index (χ2n) is 6.68. The molecule has 2 N–H and O–H groups in total. The number of amides is 1. The van der Waals surface area contributed by atoms with Crippen LogP contribution in [0.5, 0.6) is 0 Å². The highest BCUT2D eigenvalue weighted by Gasteiger charge is 2.19. The Morgan fingerprint density at radius 2 is 1.96 bits per heavy atom. The van der Waals surface area contributed by atoms with Crippen molar-refractivity contribution < 1.29 is 4.79 Å². The molecule has 1 amide bonds. The van der Waals surface area contributed by atoms with Gasteiger partial charge in [0.25, 0.3) is 0 Å². The largest absolute Gasteiger partial charge is 0.310 e. The number of aryl methyl sites for hydroxylation is 1. The standard InChI is InChI=1S/C20H26N6OS/c1-5-13(3)26-17(11-12-21-26)22-19(27)14(4)28-20-23-18(24-25-20)16-9-7-15(6-2)8-10-16/h7-14H,5-6H2,1-4H3,(H,22,27)(H,23,24,25)/t13-,14+/m0/s1. The maximum Gasteiger partial charge on any atom is 0.238 e. The zero-order valence-electron chi connectivity index (χ0n) is 16.6. The van der Waals surface area contributed by atoms with Crippen molar-refractivity contribution in [3.05, 3.63) is 42.1 Å². The molecule has 2 atom stereocenters. The highest BCUT2D eigenvalue weighted by atomic mass is 32.2. The molecule has 0 unspecified atom stereocenters. The molecule has 0 fully saturated rings. The van der Waals surface area contributed by atoms with E-state index in [1.807, 2.05) is 29.8 Å². The minimum atomic E-state index is -0.341. The molecular formula is C20H26N6OS. The molecule has 0 saturated carbocycles. The molecule has 28 heavy (non-hydrogen) atoms. The number of aromatic nitrogens is 5. The van der Waals surface area contributed by atoms with Gasteiger partial charge in [-0.25, -0.2) is 9.67 Å². The third-order valence-electron chi connectivity index (χ3n) is 4.68. The van der Waals surface area contributed by atoms with E-state index in [0.717, 1.165) is 18.4 Å². The average molecular weight is 399 g/mol. The Hall–Kier alpha value is -2.61. The van der Waals surface area contributed by atoms with Gasteiger partial charge in [0.15, 0.2) is 5.82 Å². The first-order valence-corrected chi connectivity index (χ1v) is 10.4. The van der Waals surface area contributed by atoms with E-state index in [-0.39, 0.29) is 17.2 Å². The molecule has 0 radical (unpaired) electrons. The molecule has 2 aromatic heterocycles. The van der Waals surface area contributed by atoms with E-state index in [9.17, 15) is 4.79 Å². The van der Waals surface area contributed by atoms with Gasteiger partial charge in [0.2, 0.25) is 11.1 Å². The van der Waals surface area contributed by atoms with E-state index in [1.165, 1.54) is 17.3 Å². The number of carbonyl (C=O) groups excluding carboxylic acids is 1. The lowest BCUT2D eigenvalue weighted by Gasteiger charge is -2.15. The Labute approximate surface area is 169 Å². The molecule has 0 spiro atoms. The summed E-state index contributed by atoms with van der Waals surface area (Å²) in [4.78, 5) is 17.1. The Morgan fingerprint density at radius 3 is 2.64 bits per heavy atom. The summed E-state index contributed by atoms with van der Waals surface area (Å²) in [6.45, 7) is 8.13. The lowest BCUT2D eigenvalue weighted by molar-refractivity contribution is -0.115. The summed E-state index contributed by atoms with van der Waals surface area (Å²) in [5, 5.41) is 14.7. The summed E-state index contributed by atoms with van der Waals surface area (Å²) in [5.41, 5.74) is 2.26. The van der Waals surface area contributed by atoms with Gasteiger partial charge in [-0.05, 0) is 32.3 Å². The van der Waals surface area contributed by atoms with Gasteiger partial charge in [-0.1, -0.05) is 49.9 Å². The number of anilines is 1. The minimum Gasteiger partial charge on any atom is -0.310 e. The van der Waals surface area contributed by atoms with Crippen LogP contribution in [0.3, 0.4) is 0 Å². The molecule has 0 aliphatic heterocycles. The summed E-state index contributed by atoms with van der Waals surface area (Å²) >= 11 is 1.32. The van der Waals surface area contributed by atoms with Crippen molar-refractivity contribution >= 4 is 23.5 Å². The van der Waals surface area contributed by atoms with Crippen LogP contribution in [0.25, 0.3) is 11.4 Å². The molecule has 0 bridgehead atoms. The second-order valence-corrected chi connectivity index (χ2v) is 7.99. The number of nitrogens with one attached hydrogen (secondary N) is 2. The molecule has 0 saturated heterocycles. The molecule has 3 aromatic rings. The third-order valence-corrected chi connectivity index (χ3v) is 5.64. The number of rotatable bonds is 8. The summed E-state index contributed by atoms with van der Waals surface area (Å²) in [6, 6.07) is 10.3. The maximum absolute atomic E-state index is 12.6. The number of benzene rings is 1. The molecule has 1 aromatic carbocycles. The first kappa shape index (κ1) is 20.1. The van der Waals surface area contributed by atoms with Crippen LogP contribution in [-0.2, 0) is 11.2 Å². The molecule has 0 aliphatic carbocycles. The Kier molecular flexibility index (Phi) is 6.51. The fourth-order valence-corrected chi connectivity index (χ4v) is 3.43. The van der Waals surface area contributed by atoms with Crippen LogP contribution < -0.4 is 5.32 Å².